The molecule has 0 unspecified atom stereocenters. The zero-order chi connectivity index (χ0) is 16.4. The standard InChI is InChI=1S/C20H34OP/c1-5-8-14-22(15-9-6-2,16-10-7-3)20(21)19-13-11-12-18(4)17-19/h11-13,17H,5-10,14-16H2,1-4H3/q+1. The minimum atomic E-state index is -1.52. The molecule has 0 amide bonds. The Morgan fingerprint density at radius 2 is 1.41 bits per heavy atom. The number of unbranched alkanes of at least 4 members (excludes halogenated alkanes) is 3. The second-order valence-electron chi connectivity index (χ2n) is 6.55. The predicted molar refractivity (Wildman–Crippen MR) is 102 cm³/mol. The lowest BCUT2D eigenvalue weighted by molar-refractivity contribution is 0.107. The molecular weight excluding hydrogens is 287 g/mol. The van der Waals surface area contributed by atoms with Crippen molar-refractivity contribution in [3.05, 3.63) is 35.4 Å². The topological polar surface area (TPSA) is 17.1 Å². The highest BCUT2D eigenvalue weighted by Crippen LogP contribution is 2.63. The molecule has 0 atom stereocenters. The van der Waals surface area contributed by atoms with Gasteiger partial charge in [0.15, 0.2) is 0 Å². The summed E-state index contributed by atoms with van der Waals surface area (Å²) in [5.41, 5.74) is 2.67. The number of carbonyl (C=O) groups is 1. The summed E-state index contributed by atoms with van der Waals surface area (Å²) < 4.78 is 0. The molecule has 0 spiro atoms. The van der Waals surface area contributed by atoms with E-state index < -0.39 is 7.26 Å². The van der Waals surface area contributed by atoms with Gasteiger partial charge in [-0.15, -0.1) is 0 Å². The molecule has 124 valence electrons. The second-order valence-corrected chi connectivity index (χ2v) is 10.6. The van der Waals surface area contributed by atoms with E-state index in [1.165, 1.54) is 44.1 Å². The van der Waals surface area contributed by atoms with Crippen LogP contribution in [0.2, 0.25) is 0 Å². The highest BCUT2D eigenvalue weighted by molar-refractivity contribution is 7.91. The molecular formula is C20H34OP+. The average Bonchev–Trinajstić information content (AvgIpc) is 2.54. The summed E-state index contributed by atoms with van der Waals surface area (Å²) in [5.74, 6) is 0. The fourth-order valence-electron chi connectivity index (χ4n) is 3.07. The number of aryl methyl sites for hydroxylation is 1. The van der Waals surface area contributed by atoms with E-state index in [0.29, 0.717) is 5.52 Å². The molecule has 0 N–H and O–H groups in total. The van der Waals surface area contributed by atoms with Crippen molar-refractivity contribution in [1.82, 2.24) is 0 Å². The van der Waals surface area contributed by atoms with Crippen LogP contribution >= 0.6 is 7.26 Å². The first kappa shape index (κ1) is 19.4. The Bertz CT molecular complexity index is 431. The molecule has 1 rings (SSSR count). The molecule has 1 nitrogen and oxygen atoms in total. The quantitative estimate of drug-likeness (QED) is 0.422. The SMILES string of the molecule is CCCC[P+](CCCC)(CCCC)C(=O)c1cccc(C)c1. The van der Waals surface area contributed by atoms with Crippen molar-refractivity contribution in [1.29, 1.82) is 0 Å². The Morgan fingerprint density at radius 3 is 1.82 bits per heavy atom. The van der Waals surface area contributed by atoms with Gasteiger partial charge in [0.2, 0.25) is 0 Å². The van der Waals surface area contributed by atoms with Crippen LogP contribution in [0.1, 0.15) is 75.2 Å². The minimum absolute atomic E-state index is 0.506. The summed E-state index contributed by atoms with van der Waals surface area (Å²) in [6, 6.07) is 8.26. The van der Waals surface area contributed by atoms with Crippen LogP contribution in [0.15, 0.2) is 24.3 Å². The smallest absolute Gasteiger partial charge is 0.247 e. The van der Waals surface area contributed by atoms with Crippen molar-refractivity contribution in [2.75, 3.05) is 18.5 Å². The lowest BCUT2D eigenvalue weighted by atomic mass is 10.2. The van der Waals surface area contributed by atoms with Crippen LogP contribution in [0.5, 0.6) is 0 Å². The van der Waals surface area contributed by atoms with Gasteiger partial charge >= 0.3 is 0 Å². The van der Waals surface area contributed by atoms with Gasteiger partial charge in [-0.3, -0.25) is 0 Å². The maximum absolute atomic E-state index is 13.4. The first-order chi connectivity index (χ1) is 10.6. The van der Waals surface area contributed by atoms with Crippen molar-refractivity contribution < 1.29 is 4.79 Å². The Morgan fingerprint density at radius 1 is 0.909 bits per heavy atom. The Balaban J connectivity index is 3.09. The van der Waals surface area contributed by atoms with Gasteiger partial charge in [0.1, 0.15) is 0 Å². The van der Waals surface area contributed by atoms with Crippen LogP contribution in [0.25, 0.3) is 0 Å². The number of hydrogen-bond acceptors (Lipinski definition) is 1. The van der Waals surface area contributed by atoms with Crippen LogP contribution < -0.4 is 0 Å². The van der Waals surface area contributed by atoms with Crippen LogP contribution in [0, 0.1) is 6.92 Å². The molecule has 2 heteroatoms. The van der Waals surface area contributed by atoms with Crippen molar-refractivity contribution in [2.45, 2.75) is 66.2 Å². The van der Waals surface area contributed by atoms with E-state index in [0.717, 1.165) is 24.0 Å². The van der Waals surface area contributed by atoms with Gasteiger partial charge in [-0.05, 0) is 38.3 Å². The second kappa shape index (κ2) is 10.2. The van der Waals surface area contributed by atoms with Crippen LogP contribution in [-0.4, -0.2) is 24.0 Å². The Kier molecular flexibility index (Phi) is 8.95. The van der Waals surface area contributed by atoms with E-state index in [1.54, 1.807) is 0 Å². The molecule has 1 aromatic carbocycles. The molecule has 22 heavy (non-hydrogen) atoms. The fourth-order valence-corrected chi connectivity index (χ4v) is 7.81. The Labute approximate surface area is 138 Å². The molecule has 0 saturated heterocycles. The number of carbonyl (C=O) groups excluding carboxylic acids is 1. The first-order valence-corrected chi connectivity index (χ1v) is 11.4. The molecule has 0 aromatic heterocycles. The summed E-state index contributed by atoms with van der Waals surface area (Å²) in [6.45, 7) is 8.81. The lowest BCUT2D eigenvalue weighted by Gasteiger charge is -2.25. The largest absolute Gasteiger partial charge is 0.297 e. The normalized spacial score (nSPS) is 11.6. The van der Waals surface area contributed by atoms with Crippen LogP contribution in [0.4, 0.5) is 0 Å². The van der Waals surface area contributed by atoms with Gasteiger partial charge in [-0.1, -0.05) is 57.7 Å². The van der Waals surface area contributed by atoms with Gasteiger partial charge in [0.05, 0.1) is 31.3 Å². The Hall–Kier alpha value is -0.680. The third-order valence-corrected chi connectivity index (χ3v) is 9.15. The summed E-state index contributed by atoms with van der Waals surface area (Å²) >= 11 is 0. The van der Waals surface area contributed by atoms with Gasteiger partial charge in [0, 0.05) is 0 Å². The third-order valence-electron chi connectivity index (χ3n) is 4.51. The summed E-state index contributed by atoms with van der Waals surface area (Å²) in [5, 5.41) is 0. The zero-order valence-corrected chi connectivity index (χ0v) is 15.9. The van der Waals surface area contributed by atoms with E-state index in [9.17, 15) is 4.79 Å². The highest BCUT2D eigenvalue weighted by atomic mass is 31.2. The van der Waals surface area contributed by atoms with Crippen molar-refractivity contribution in [2.24, 2.45) is 0 Å². The third kappa shape index (κ3) is 5.51. The maximum Gasteiger partial charge on any atom is 0.297 e. The van der Waals surface area contributed by atoms with Crippen molar-refractivity contribution in [3.63, 3.8) is 0 Å². The number of hydrogen-bond donors (Lipinski definition) is 0. The highest BCUT2D eigenvalue weighted by Gasteiger charge is 2.44. The van der Waals surface area contributed by atoms with E-state index in [4.69, 9.17) is 0 Å². The zero-order valence-electron chi connectivity index (χ0n) is 15.0. The molecule has 0 radical (unpaired) electrons. The molecule has 0 bridgehead atoms. The molecule has 0 aliphatic carbocycles. The number of benzene rings is 1. The molecule has 0 saturated carbocycles. The molecule has 1 aromatic rings. The molecule has 0 fully saturated rings. The van der Waals surface area contributed by atoms with E-state index in [2.05, 4.69) is 39.8 Å². The summed E-state index contributed by atoms with van der Waals surface area (Å²) in [4.78, 5) is 13.4. The molecule has 0 aliphatic heterocycles. The summed E-state index contributed by atoms with van der Waals surface area (Å²) in [7, 11) is -1.52. The monoisotopic (exact) mass is 321 g/mol. The van der Waals surface area contributed by atoms with Crippen LogP contribution in [0.3, 0.4) is 0 Å². The average molecular weight is 321 g/mol. The van der Waals surface area contributed by atoms with E-state index in [-0.39, 0.29) is 0 Å². The summed E-state index contributed by atoms with van der Waals surface area (Å²) in [6.07, 6.45) is 10.7. The maximum atomic E-state index is 13.4. The fraction of sp³-hybridized carbons (Fsp3) is 0.650. The van der Waals surface area contributed by atoms with Gasteiger partial charge in [0.25, 0.3) is 5.52 Å². The van der Waals surface area contributed by atoms with E-state index >= 15 is 0 Å². The first-order valence-electron chi connectivity index (χ1n) is 9.07. The van der Waals surface area contributed by atoms with Crippen molar-refractivity contribution >= 4 is 12.8 Å². The number of rotatable bonds is 11. The lowest BCUT2D eigenvalue weighted by Crippen LogP contribution is -2.18. The van der Waals surface area contributed by atoms with Crippen LogP contribution in [-0.2, 0) is 0 Å². The molecule has 0 heterocycles. The van der Waals surface area contributed by atoms with E-state index in [1.807, 2.05) is 12.1 Å². The van der Waals surface area contributed by atoms with Crippen molar-refractivity contribution in [3.8, 4) is 0 Å². The van der Waals surface area contributed by atoms with Gasteiger partial charge in [-0.25, -0.2) is 4.79 Å². The minimum Gasteiger partial charge on any atom is -0.247 e. The predicted octanol–water partition coefficient (Wildman–Crippen LogP) is 6.55. The van der Waals surface area contributed by atoms with Gasteiger partial charge in [-0.2, -0.15) is 0 Å². The molecule has 0 aliphatic rings. The van der Waals surface area contributed by atoms with Gasteiger partial charge < -0.3 is 0 Å².